The molecule has 0 amide bonds. The van der Waals surface area contributed by atoms with Crippen LogP contribution in [0.3, 0.4) is 0 Å². The zero-order valence-corrected chi connectivity index (χ0v) is 11.8. The molecule has 0 aromatic carbocycles. The number of nitrogens with zero attached hydrogens (tertiary/aromatic N) is 5. The van der Waals surface area contributed by atoms with Crippen LogP contribution in [-0.4, -0.2) is 31.2 Å². The number of fused-ring (bicyclic) bond motifs is 1. The van der Waals surface area contributed by atoms with Crippen molar-refractivity contribution < 1.29 is 13.2 Å². The zero-order valence-electron chi connectivity index (χ0n) is 11.0. The van der Waals surface area contributed by atoms with E-state index < -0.39 is 12.0 Å². The molecule has 1 aliphatic heterocycles. The molecule has 2 aromatic heterocycles. The summed E-state index contributed by atoms with van der Waals surface area (Å²) in [6.07, 6.45) is -4.46. The van der Waals surface area contributed by atoms with Gasteiger partial charge < -0.3 is 10.3 Å². The minimum absolute atomic E-state index is 0.227. The third-order valence-corrected chi connectivity index (χ3v) is 4.17. The third kappa shape index (κ3) is 2.92. The predicted molar refractivity (Wildman–Crippen MR) is 69.1 cm³/mol. The molecule has 6 nitrogen and oxygen atoms in total. The SMILES string of the molecule is NCc1nc(CN2CCn3c(nnc3C(F)(F)F)C2)cs1. The smallest absolute Gasteiger partial charge is 0.325 e. The predicted octanol–water partition coefficient (Wildman–Crippen LogP) is 1.23. The van der Waals surface area contributed by atoms with Crippen molar-refractivity contribution in [2.75, 3.05) is 6.54 Å². The van der Waals surface area contributed by atoms with Gasteiger partial charge >= 0.3 is 6.18 Å². The molecule has 2 N–H and O–H groups in total. The first-order valence-electron chi connectivity index (χ1n) is 6.32. The Morgan fingerprint density at radius 3 is 2.76 bits per heavy atom. The summed E-state index contributed by atoms with van der Waals surface area (Å²) >= 11 is 1.49. The van der Waals surface area contributed by atoms with Crippen molar-refractivity contribution in [3.8, 4) is 0 Å². The van der Waals surface area contributed by atoms with Crippen LogP contribution in [0.5, 0.6) is 0 Å². The van der Waals surface area contributed by atoms with Crippen molar-refractivity contribution in [2.45, 2.75) is 32.4 Å². The highest BCUT2D eigenvalue weighted by Crippen LogP contribution is 2.29. The molecule has 0 fully saturated rings. The van der Waals surface area contributed by atoms with Crippen LogP contribution in [0.1, 0.15) is 22.4 Å². The summed E-state index contributed by atoms with van der Waals surface area (Å²) in [5.41, 5.74) is 6.39. The number of halogens is 3. The minimum Gasteiger partial charge on any atom is -0.325 e. The minimum atomic E-state index is -4.46. The molecule has 3 heterocycles. The Morgan fingerprint density at radius 1 is 1.29 bits per heavy atom. The van der Waals surface area contributed by atoms with E-state index in [9.17, 15) is 13.2 Å². The Labute approximate surface area is 122 Å². The first kappa shape index (κ1) is 14.4. The Bertz CT molecular complexity index is 634. The lowest BCUT2D eigenvalue weighted by Crippen LogP contribution is -2.35. The molecule has 114 valence electrons. The van der Waals surface area contributed by atoms with Crippen LogP contribution in [0.25, 0.3) is 0 Å². The molecule has 2 aromatic rings. The topological polar surface area (TPSA) is 72.9 Å². The lowest BCUT2D eigenvalue weighted by atomic mass is 10.3. The van der Waals surface area contributed by atoms with Crippen molar-refractivity contribution in [3.05, 3.63) is 27.7 Å². The molecule has 0 bridgehead atoms. The van der Waals surface area contributed by atoms with Gasteiger partial charge in [-0.3, -0.25) is 4.90 Å². The average molecular weight is 318 g/mol. The lowest BCUT2D eigenvalue weighted by molar-refractivity contribution is -0.148. The number of rotatable bonds is 3. The number of hydrogen-bond acceptors (Lipinski definition) is 6. The van der Waals surface area contributed by atoms with E-state index in [0.29, 0.717) is 32.0 Å². The number of thiazole rings is 1. The number of alkyl halides is 3. The maximum Gasteiger partial charge on any atom is 0.451 e. The Kier molecular flexibility index (Phi) is 3.68. The van der Waals surface area contributed by atoms with Crippen LogP contribution in [0.2, 0.25) is 0 Å². The van der Waals surface area contributed by atoms with Gasteiger partial charge in [0, 0.05) is 31.6 Å². The molecular formula is C11H13F3N6S. The fraction of sp³-hybridized carbons (Fsp3) is 0.545. The number of aromatic nitrogens is 4. The molecular weight excluding hydrogens is 305 g/mol. The highest BCUT2D eigenvalue weighted by Gasteiger charge is 2.39. The molecule has 0 unspecified atom stereocenters. The Hall–Kier alpha value is -1.52. The quantitative estimate of drug-likeness (QED) is 0.921. The second-order valence-electron chi connectivity index (χ2n) is 4.74. The summed E-state index contributed by atoms with van der Waals surface area (Å²) in [5.74, 6) is -0.584. The summed E-state index contributed by atoms with van der Waals surface area (Å²) in [6.45, 7) is 2.03. The van der Waals surface area contributed by atoms with Gasteiger partial charge in [-0.05, 0) is 0 Å². The molecule has 3 rings (SSSR count). The van der Waals surface area contributed by atoms with Crippen LogP contribution >= 0.6 is 11.3 Å². The van der Waals surface area contributed by atoms with Crippen molar-refractivity contribution in [1.29, 1.82) is 0 Å². The van der Waals surface area contributed by atoms with Gasteiger partial charge in [0.2, 0.25) is 5.82 Å². The fourth-order valence-electron chi connectivity index (χ4n) is 2.30. The monoisotopic (exact) mass is 318 g/mol. The summed E-state index contributed by atoms with van der Waals surface area (Å²) in [7, 11) is 0. The van der Waals surface area contributed by atoms with Gasteiger partial charge in [0.15, 0.2) is 0 Å². The van der Waals surface area contributed by atoms with Gasteiger partial charge in [-0.25, -0.2) is 4.98 Å². The van der Waals surface area contributed by atoms with Gasteiger partial charge in [0.25, 0.3) is 0 Å². The standard InChI is InChI=1S/C11H13F3N6S/c12-11(13,14)10-18-17-8-5-19(1-2-20(8)10)4-7-6-21-9(3-15)16-7/h6H,1-5,15H2. The van der Waals surface area contributed by atoms with Gasteiger partial charge in [-0.1, -0.05) is 0 Å². The van der Waals surface area contributed by atoms with Gasteiger partial charge in [-0.2, -0.15) is 13.2 Å². The van der Waals surface area contributed by atoms with E-state index in [0.717, 1.165) is 15.3 Å². The number of nitrogens with two attached hydrogens (primary N) is 1. The van der Waals surface area contributed by atoms with Crippen LogP contribution in [0.4, 0.5) is 13.2 Å². The second-order valence-corrected chi connectivity index (χ2v) is 5.68. The Balaban J connectivity index is 1.72. The molecule has 21 heavy (non-hydrogen) atoms. The first-order valence-corrected chi connectivity index (χ1v) is 7.20. The fourth-order valence-corrected chi connectivity index (χ4v) is 2.96. The summed E-state index contributed by atoms with van der Waals surface area (Å²) in [5, 5.41) is 9.68. The van der Waals surface area contributed by atoms with Crippen molar-refractivity contribution >= 4 is 11.3 Å². The van der Waals surface area contributed by atoms with E-state index in [4.69, 9.17) is 5.73 Å². The maximum atomic E-state index is 12.7. The molecule has 0 atom stereocenters. The van der Waals surface area contributed by atoms with Gasteiger partial charge in [-0.15, -0.1) is 21.5 Å². The zero-order chi connectivity index (χ0) is 15.0. The van der Waals surface area contributed by atoms with Crippen LogP contribution < -0.4 is 5.73 Å². The molecule has 10 heteroatoms. The van der Waals surface area contributed by atoms with E-state index in [1.807, 2.05) is 10.3 Å². The first-order chi connectivity index (χ1) is 9.97. The molecule has 0 spiro atoms. The van der Waals surface area contributed by atoms with Crippen molar-refractivity contribution in [3.63, 3.8) is 0 Å². The number of hydrogen-bond donors (Lipinski definition) is 1. The molecule has 1 aliphatic rings. The molecule has 0 saturated heterocycles. The highest BCUT2D eigenvalue weighted by atomic mass is 32.1. The van der Waals surface area contributed by atoms with Crippen LogP contribution in [0.15, 0.2) is 5.38 Å². The molecule has 0 aliphatic carbocycles. The molecule has 0 saturated carbocycles. The maximum absolute atomic E-state index is 12.7. The van der Waals surface area contributed by atoms with E-state index in [1.165, 1.54) is 11.3 Å². The summed E-state index contributed by atoms with van der Waals surface area (Å²) in [4.78, 5) is 6.35. The highest BCUT2D eigenvalue weighted by molar-refractivity contribution is 7.09. The van der Waals surface area contributed by atoms with Gasteiger partial charge in [0.05, 0.1) is 12.2 Å². The second kappa shape index (κ2) is 5.35. The molecule has 0 radical (unpaired) electrons. The average Bonchev–Trinajstić information content (AvgIpc) is 3.03. The van der Waals surface area contributed by atoms with Crippen LogP contribution in [-0.2, 0) is 32.4 Å². The summed E-state index contributed by atoms with van der Waals surface area (Å²) in [6, 6.07) is 0. The van der Waals surface area contributed by atoms with E-state index in [-0.39, 0.29) is 6.54 Å². The van der Waals surface area contributed by atoms with E-state index in [2.05, 4.69) is 15.2 Å². The third-order valence-electron chi connectivity index (χ3n) is 3.25. The van der Waals surface area contributed by atoms with E-state index >= 15 is 0 Å². The van der Waals surface area contributed by atoms with Crippen LogP contribution in [0, 0.1) is 0 Å². The summed E-state index contributed by atoms with van der Waals surface area (Å²) < 4.78 is 39.4. The normalized spacial score (nSPS) is 16.2. The van der Waals surface area contributed by atoms with Crippen molar-refractivity contribution in [2.24, 2.45) is 5.73 Å². The largest absolute Gasteiger partial charge is 0.451 e. The van der Waals surface area contributed by atoms with E-state index in [1.54, 1.807) is 0 Å². The lowest BCUT2D eigenvalue weighted by Gasteiger charge is -2.27. The Morgan fingerprint density at radius 2 is 2.10 bits per heavy atom. The van der Waals surface area contributed by atoms with Gasteiger partial charge in [0.1, 0.15) is 10.8 Å². The van der Waals surface area contributed by atoms with Crippen molar-refractivity contribution in [1.82, 2.24) is 24.6 Å².